The van der Waals surface area contributed by atoms with Crippen LogP contribution in [0.4, 0.5) is 0 Å². The Labute approximate surface area is 194 Å². The van der Waals surface area contributed by atoms with Crippen LogP contribution >= 0.6 is 0 Å². The largest absolute Gasteiger partial charge is 0.462 e. The molecule has 0 aliphatic rings. The van der Waals surface area contributed by atoms with Crippen molar-refractivity contribution in [3.63, 3.8) is 0 Å². The van der Waals surface area contributed by atoms with E-state index in [9.17, 15) is 14.4 Å². The highest BCUT2D eigenvalue weighted by molar-refractivity contribution is 5.91. The van der Waals surface area contributed by atoms with Gasteiger partial charge in [-0.3, -0.25) is 9.78 Å². The molecule has 0 aliphatic heterocycles. The maximum Gasteiger partial charge on any atom is 0.345 e. The highest BCUT2D eigenvalue weighted by Gasteiger charge is 2.16. The zero-order valence-electron chi connectivity index (χ0n) is 18.6. The lowest BCUT2D eigenvalue weighted by Crippen LogP contribution is -2.10. The standard InChI is InChI=1S/C26H21NO7/c1-3-13-31-25(29)17-6-8-19(9-7-17)33-24-16(2)32-22-14-20(10-11-21(22)23(24)28)34-26(30)18-5-4-12-27-15-18/h4-12,14-15H,3,13H2,1-2H3. The molecule has 0 radical (unpaired) electrons. The molecular formula is C26H21NO7. The van der Waals surface area contributed by atoms with E-state index in [1.807, 2.05) is 6.92 Å². The Kier molecular flexibility index (Phi) is 6.68. The fourth-order valence-corrected chi connectivity index (χ4v) is 3.15. The van der Waals surface area contributed by atoms with Crippen molar-refractivity contribution in [3.8, 4) is 17.2 Å². The molecule has 0 N–H and O–H groups in total. The minimum atomic E-state index is -0.575. The summed E-state index contributed by atoms with van der Waals surface area (Å²) in [5.41, 5.74) is 0.556. The van der Waals surface area contributed by atoms with Crippen LogP contribution in [-0.2, 0) is 4.74 Å². The number of carbonyl (C=O) groups is 2. The van der Waals surface area contributed by atoms with Gasteiger partial charge in [0.1, 0.15) is 22.8 Å². The highest BCUT2D eigenvalue weighted by atomic mass is 16.5. The van der Waals surface area contributed by atoms with Crippen molar-refractivity contribution in [3.05, 3.63) is 94.1 Å². The average molecular weight is 459 g/mol. The lowest BCUT2D eigenvalue weighted by molar-refractivity contribution is 0.0504. The second kappa shape index (κ2) is 9.99. The molecule has 2 aromatic carbocycles. The molecule has 0 saturated heterocycles. The summed E-state index contributed by atoms with van der Waals surface area (Å²) in [4.78, 5) is 41.1. The highest BCUT2D eigenvalue weighted by Crippen LogP contribution is 2.28. The van der Waals surface area contributed by atoms with Gasteiger partial charge in [0, 0.05) is 18.5 Å². The van der Waals surface area contributed by atoms with Crippen molar-refractivity contribution < 1.29 is 28.2 Å². The van der Waals surface area contributed by atoms with Crippen LogP contribution < -0.4 is 14.9 Å². The van der Waals surface area contributed by atoms with Crippen LogP contribution in [-0.4, -0.2) is 23.5 Å². The molecule has 0 atom stereocenters. The zero-order chi connectivity index (χ0) is 24.1. The van der Waals surface area contributed by atoms with Gasteiger partial charge in [0.15, 0.2) is 0 Å². The van der Waals surface area contributed by atoms with Crippen LogP contribution in [0.2, 0.25) is 0 Å². The number of benzene rings is 2. The number of aryl methyl sites for hydroxylation is 1. The Balaban J connectivity index is 1.55. The van der Waals surface area contributed by atoms with E-state index >= 15 is 0 Å². The molecular weight excluding hydrogens is 438 g/mol. The van der Waals surface area contributed by atoms with Gasteiger partial charge in [0.25, 0.3) is 0 Å². The first-order valence-electron chi connectivity index (χ1n) is 10.6. The topological polar surface area (TPSA) is 105 Å². The quantitative estimate of drug-likeness (QED) is 0.278. The van der Waals surface area contributed by atoms with Crippen LogP contribution in [0.25, 0.3) is 11.0 Å². The van der Waals surface area contributed by atoms with E-state index < -0.39 is 11.9 Å². The van der Waals surface area contributed by atoms with Crippen molar-refractivity contribution in [1.29, 1.82) is 0 Å². The summed E-state index contributed by atoms with van der Waals surface area (Å²) in [6.07, 6.45) is 3.69. The minimum absolute atomic E-state index is 0.0221. The van der Waals surface area contributed by atoms with Gasteiger partial charge in [-0.15, -0.1) is 0 Å². The predicted molar refractivity (Wildman–Crippen MR) is 124 cm³/mol. The summed E-state index contributed by atoms with van der Waals surface area (Å²) in [7, 11) is 0. The van der Waals surface area contributed by atoms with Crippen molar-refractivity contribution in [2.75, 3.05) is 6.61 Å². The van der Waals surface area contributed by atoms with E-state index in [1.165, 1.54) is 24.4 Å². The molecule has 4 rings (SSSR count). The molecule has 2 aromatic heterocycles. The molecule has 0 saturated carbocycles. The molecule has 0 spiro atoms. The summed E-state index contributed by atoms with van der Waals surface area (Å²) >= 11 is 0. The molecule has 0 aliphatic carbocycles. The Morgan fingerprint density at radius 1 is 0.971 bits per heavy atom. The number of nitrogens with zero attached hydrogens (tertiary/aromatic N) is 1. The van der Waals surface area contributed by atoms with Gasteiger partial charge in [0.2, 0.25) is 11.2 Å². The average Bonchev–Trinajstić information content (AvgIpc) is 2.86. The summed E-state index contributed by atoms with van der Waals surface area (Å²) in [5.74, 6) is -0.135. The van der Waals surface area contributed by atoms with Crippen molar-refractivity contribution >= 4 is 22.9 Å². The van der Waals surface area contributed by atoms with Crippen LogP contribution in [0.5, 0.6) is 17.2 Å². The van der Waals surface area contributed by atoms with Crippen molar-refractivity contribution in [2.45, 2.75) is 20.3 Å². The van der Waals surface area contributed by atoms with Crippen molar-refractivity contribution in [2.24, 2.45) is 0 Å². The molecule has 0 amide bonds. The van der Waals surface area contributed by atoms with Crippen LogP contribution in [0.3, 0.4) is 0 Å². The number of ether oxygens (including phenoxy) is 3. The lowest BCUT2D eigenvalue weighted by atomic mass is 10.2. The number of esters is 2. The van der Waals surface area contributed by atoms with Gasteiger partial charge in [-0.2, -0.15) is 0 Å². The van der Waals surface area contributed by atoms with E-state index in [2.05, 4.69) is 4.98 Å². The van der Waals surface area contributed by atoms with E-state index in [-0.39, 0.29) is 33.7 Å². The Morgan fingerprint density at radius 2 is 1.74 bits per heavy atom. The van der Waals surface area contributed by atoms with E-state index in [0.717, 1.165) is 6.42 Å². The third kappa shape index (κ3) is 4.96. The van der Waals surface area contributed by atoms with E-state index in [0.29, 0.717) is 23.5 Å². The summed E-state index contributed by atoms with van der Waals surface area (Å²) in [5, 5.41) is 0.265. The summed E-state index contributed by atoms with van der Waals surface area (Å²) < 4.78 is 22.0. The molecule has 8 nitrogen and oxygen atoms in total. The maximum atomic E-state index is 13.0. The SMILES string of the molecule is CCCOC(=O)c1ccc(Oc2c(C)oc3cc(OC(=O)c4cccnc4)ccc3c2=O)cc1. The molecule has 0 unspecified atom stereocenters. The van der Waals surface area contributed by atoms with Crippen LogP contribution in [0, 0.1) is 6.92 Å². The first-order valence-corrected chi connectivity index (χ1v) is 10.6. The number of aromatic nitrogens is 1. The first-order chi connectivity index (χ1) is 16.5. The third-order valence-corrected chi connectivity index (χ3v) is 4.84. The van der Waals surface area contributed by atoms with Gasteiger partial charge < -0.3 is 18.6 Å². The van der Waals surface area contributed by atoms with E-state index in [1.54, 1.807) is 49.5 Å². The van der Waals surface area contributed by atoms with Gasteiger partial charge >= 0.3 is 11.9 Å². The lowest BCUT2D eigenvalue weighted by Gasteiger charge is -2.10. The Hall–Kier alpha value is -4.46. The molecule has 2 heterocycles. The van der Waals surface area contributed by atoms with Gasteiger partial charge in [-0.1, -0.05) is 6.92 Å². The molecule has 8 heteroatoms. The smallest absolute Gasteiger partial charge is 0.345 e. The Bertz CT molecular complexity index is 1390. The second-order valence-electron chi connectivity index (χ2n) is 7.37. The van der Waals surface area contributed by atoms with E-state index in [4.69, 9.17) is 18.6 Å². The number of pyridine rings is 1. The van der Waals surface area contributed by atoms with Gasteiger partial charge in [0.05, 0.1) is 23.1 Å². The molecule has 0 fully saturated rings. The monoisotopic (exact) mass is 459 g/mol. The Morgan fingerprint density at radius 3 is 2.44 bits per heavy atom. The number of hydrogen-bond donors (Lipinski definition) is 0. The zero-order valence-corrected chi connectivity index (χ0v) is 18.6. The molecule has 0 bridgehead atoms. The predicted octanol–water partition coefficient (Wildman–Crippen LogP) is 5.07. The first kappa shape index (κ1) is 22.7. The summed E-state index contributed by atoms with van der Waals surface area (Å²) in [6.45, 7) is 3.86. The molecule has 34 heavy (non-hydrogen) atoms. The third-order valence-electron chi connectivity index (χ3n) is 4.84. The fraction of sp³-hybridized carbons (Fsp3) is 0.154. The number of carbonyl (C=O) groups excluding carboxylic acids is 2. The summed E-state index contributed by atoms with van der Waals surface area (Å²) in [6, 6.07) is 14.0. The molecule has 172 valence electrons. The number of hydrogen-bond acceptors (Lipinski definition) is 8. The maximum absolute atomic E-state index is 13.0. The normalized spacial score (nSPS) is 10.6. The fourth-order valence-electron chi connectivity index (χ4n) is 3.15. The van der Waals surface area contributed by atoms with Gasteiger partial charge in [-0.25, -0.2) is 9.59 Å². The number of fused-ring (bicyclic) bond motifs is 1. The van der Waals surface area contributed by atoms with Crippen molar-refractivity contribution in [1.82, 2.24) is 4.98 Å². The van der Waals surface area contributed by atoms with Crippen LogP contribution in [0.15, 0.2) is 76.2 Å². The number of rotatable bonds is 7. The minimum Gasteiger partial charge on any atom is -0.462 e. The molecule has 4 aromatic rings. The van der Waals surface area contributed by atoms with Crippen LogP contribution in [0.1, 0.15) is 39.8 Å². The van der Waals surface area contributed by atoms with Gasteiger partial charge in [-0.05, 0) is 61.9 Å². The second-order valence-corrected chi connectivity index (χ2v) is 7.37.